The van der Waals surface area contributed by atoms with Gasteiger partial charge in [0.05, 0.1) is 5.54 Å². The van der Waals surface area contributed by atoms with Crippen molar-refractivity contribution in [3.8, 4) is 0 Å². The minimum absolute atomic E-state index is 0.314. The number of carbonyl (C=O) groups excluding carboxylic acids is 1. The maximum Gasteiger partial charge on any atom is 0.237 e. The molecule has 0 aromatic heterocycles. The number of primary amides is 1. The Kier molecular flexibility index (Phi) is 4.71. The minimum atomic E-state index is -0.642. The van der Waals surface area contributed by atoms with Crippen molar-refractivity contribution >= 4 is 21.8 Å². The lowest BCUT2D eigenvalue weighted by Crippen LogP contribution is -2.52. The van der Waals surface area contributed by atoms with Crippen LogP contribution in [-0.4, -0.2) is 11.4 Å². The summed E-state index contributed by atoms with van der Waals surface area (Å²) in [7, 11) is 0. The Morgan fingerprint density at radius 3 is 2.65 bits per heavy atom. The largest absolute Gasteiger partial charge is 0.368 e. The van der Waals surface area contributed by atoms with Gasteiger partial charge in [0.25, 0.3) is 0 Å². The molecule has 1 aromatic rings. The van der Waals surface area contributed by atoms with E-state index in [1.165, 1.54) is 5.56 Å². The fraction of sp³-hybridized carbons (Fsp3) is 0.462. The van der Waals surface area contributed by atoms with Gasteiger partial charge in [-0.1, -0.05) is 35.0 Å². The number of benzene rings is 1. The third-order valence-electron chi connectivity index (χ3n) is 3.17. The van der Waals surface area contributed by atoms with E-state index >= 15 is 0 Å². The van der Waals surface area contributed by atoms with E-state index in [0.29, 0.717) is 13.0 Å². The van der Waals surface area contributed by atoms with Crippen LogP contribution >= 0.6 is 15.9 Å². The summed E-state index contributed by atoms with van der Waals surface area (Å²) in [6.45, 7) is 6.45. The Morgan fingerprint density at radius 2 is 2.18 bits per heavy atom. The molecule has 0 heterocycles. The average molecular weight is 299 g/mol. The Morgan fingerprint density at radius 1 is 1.53 bits per heavy atom. The standard InChI is InChI=1S/C13H19BrN2O/c1-4-13(3,12(15)17)16-8-10-6-5-9(2)11(14)7-10/h5-7,16H,4,8H2,1-3H3,(H2,15,17). The van der Waals surface area contributed by atoms with Crippen LogP contribution in [0, 0.1) is 6.92 Å². The molecular formula is C13H19BrN2O. The first-order chi connectivity index (χ1) is 7.89. The molecule has 0 saturated heterocycles. The van der Waals surface area contributed by atoms with Crippen molar-refractivity contribution in [1.29, 1.82) is 0 Å². The second-order valence-electron chi connectivity index (χ2n) is 4.49. The van der Waals surface area contributed by atoms with Gasteiger partial charge in [0.15, 0.2) is 0 Å². The number of rotatable bonds is 5. The molecule has 3 nitrogen and oxygen atoms in total. The van der Waals surface area contributed by atoms with Gasteiger partial charge in [0.1, 0.15) is 0 Å². The molecule has 0 aliphatic carbocycles. The zero-order valence-corrected chi connectivity index (χ0v) is 12.1. The molecule has 4 heteroatoms. The highest BCUT2D eigenvalue weighted by Crippen LogP contribution is 2.18. The quantitative estimate of drug-likeness (QED) is 0.877. The number of carbonyl (C=O) groups is 1. The van der Waals surface area contributed by atoms with Gasteiger partial charge in [-0.05, 0) is 37.5 Å². The lowest BCUT2D eigenvalue weighted by molar-refractivity contribution is -0.124. The Labute approximate surface area is 111 Å². The minimum Gasteiger partial charge on any atom is -0.368 e. The van der Waals surface area contributed by atoms with Crippen LogP contribution in [0.15, 0.2) is 22.7 Å². The van der Waals surface area contributed by atoms with Crippen molar-refractivity contribution in [3.63, 3.8) is 0 Å². The number of aryl methyl sites for hydroxylation is 1. The van der Waals surface area contributed by atoms with Crippen LogP contribution in [-0.2, 0) is 11.3 Å². The molecule has 1 aromatic carbocycles. The van der Waals surface area contributed by atoms with Crippen molar-refractivity contribution < 1.29 is 4.79 Å². The van der Waals surface area contributed by atoms with Crippen molar-refractivity contribution in [2.45, 2.75) is 39.3 Å². The van der Waals surface area contributed by atoms with Crippen LogP contribution < -0.4 is 11.1 Å². The predicted octanol–water partition coefficient (Wildman–Crippen LogP) is 2.50. The molecule has 94 valence electrons. The highest BCUT2D eigenvalue weighted by molar-refractivity contribution is 9.10. The number of amides is 1. The summed E-state index contributed by atoms with van der Waals surface area (Å²) in [5.74, 6) is -0.314. The first-order valence-electron chi connectivity index (χ1n) is 5.69. The summed E-state index contributed by atoms with van der Waals surface area (Å²) >= 11 is 3.49. The van der Waals surface area contributed by atoms with E-state index in [4.69, 9.17) is 5.73 Å². The molecule has 1 amide bonds. The summed E-state index contributed by atoms with van der Waals surface area (Å²) in [5, 5.41) is 3.21. The zero-order chi connectivity index (χ0) is 13.1. The number of hydrogen-bond acceptors (Lipinski definition) is 2. The van der Waals surface area contributed by atoms with Crippen molar-refractivity contribution in [3.05, 3.63) is 33.8 Å². The van der Waals surface area contributed by atoms with Gasteiger partial charge >= 0.3 is 0 Å². The van der Waals surface area contributed by atoms with Gasteiger partial charge in [-0.2, -0.15) is 0 Å². The van der Waals surface area contributed by atoms with Crippen LogP contribution in [0.25, 0.3) is 0 Å². The van der Waals surface area contributed by atoms with Crippen LogP contribution in [0.2, 0.25) is 0 Å². The van der Waals surface area contributed by atoms with E-state index in [-0.39, 0.29) is 5.91 Å². The Hall–Kier alpha value is -0.870. The topological polar surface area (TPSA) is 55.1 Å². The lowest BCUT2D eigenvalue weighted by atomic mass is 9.97. The number of nitrogens with two attached hydrogens (primary N) is 1. The molecule has 1 rings (SSSR count). The van der Waals surface area contributed by atoms with E-state index < -0.39 is 5.54 Å². The average Bonchev–Trinajstić information content (AvgIpc) is 2.30. The van der Waals surface area contributed by atoms with Gasteiger partial charge in [-0.15, -0.1) is 0 Å². The van der Waals surface area contributed by atoms with Crippen LogP contribution in [0.5, 0.6) is 0 Å². The molecular weight excluding hydrogens is 280 g/mol. The first-order valence-corrected chi connectivity index (χ1v) is 6.48. The Balaban J connectivity index is 2.73. The third-order valence-corrected chi connectivity index (χ3v) is 4.02. The maximum absolute atomic E-state index is 11.3. The number of halogens is 1. The van der Waals surface area contributed by atoms with E-state index in [1.807, 2.05) is 26.8 Å². The molecule has 0 fully saturated rings. The molecule has 1 unspecified atom stereocenters. The second-order valence-corrected chi connectivity index (χ2v) is 5.34. The van der Waals surface area contributed by atoms with E-state index in [0.717, 1.165) is 10.0 Å². The number of nitrogens with one attached hydrogen (secondary N) is 1. The van der Waals surface area contributed by atoms with Gasteiger partial charge in [0, 0.05) is 11.0 Å². The predicted molar refractivity (Wildman–Crippen MR) is 73.6 cm³/mol. The van der Waals surface area contributed by atoms with Crippen molar-refractivity contribution in [1.82, 2.24) is 5.32 Å². The summed E-state index contributed by atoms with van der Waals surface area (Å²) in [5.41, 5.74) is 7.07. The molecule has 0 aliphatic rings. The molecule has 17 heavy (non-hydrogen) atoms. The van der Waals surface area contributed by atoms with E-state index in [2.05, 4.69) is 33.4 Å². The smallest absolute Gasteiger partial charge is 0.237 e. The first kappa shape index (κ1) is 14.2. The third kappa shape index (κ3) is 3.54. The zero-order valence-electron chi connectivity index (χ0n) is 10.5. The van der Waals surface area contributed by atoms with E-state index in [9.17, 15) is 4.79 Å². The summed E-state index contributed by atoms with van der Waals surface area (Å²) in [6.07, 6.45) is 0.676. The van der Waals surface area contributed by atoms with Crippen molar-refractivity contribution in [2.75, 3.05) is 0 Å². The van der Waals surface area contributed by atoms with Crippen LogP contribution in [0.3, 0.4) is 0 Å². The lowest BCUT2D eigenvalue weighted by Gasteiger charge is -2.26. The molecule has 0 aliphatic heterocycles. The molecule has 0 radical (unpaired) electrons. The SMILES string of the molecule is CCC(C)(NCc1ccc(C)c(Br)c1)C(N)=O. The fourth-order valence-corrected chi connectivity index (χ4v) is 1.86. The molecule has 0 bridgehead atoms. The normalized spacial score (nSPS) is 14.4. The van der Waals surface area contributed by atoms with Gasteiger partial charge in [-0.3, -0.25) is 10.1 Å². The highest BCUT2D eigenvalue weighted by Gasteiger charge is 2.27. The molecule has 3 N–H and O–H groups in total. The molecule has 0 saturated carbocycles. The second kappa shape index (κ2) is 5.65. The fourth-order valence-electron chi connectivity index (χ4n) is 1.43. The van der Waals surface area contributed by atoms with Crippen LogP contribution in [0.4, 0.5) is 0 Å². The van der Waals surface area contributed by atoms with Gasteiger partial charge in [-0.25, -0.2) is 0 Å². The summed E-state index contributed by atoms with van der Waals surface area (Å²) in [4.78, 5) is 11.3. The molecule has 1 atom stereocenters. The highest BCUT2D eigenvalue weighted by atomic mass is 79.9. The molecule has 0 spiro atoms. The van der Waals surface area contributed by atoms with Gasteiger partial charge < -0.3 is 5.73 Å². The monoisotopic (exact) mass is 298 g/mol. The van der Waals surface area contributed by atoms with Gasteiger partial charge in [0.2, 0.25) is 5.91 Å². The maximum atomic E-state index is 11.3. The number of hydrogen-bond donors (Lipinski definition) is 2. The van der Waals surface area contributed by atoms with E-state index in [1.54, 1.807) is 0 Å². The summed E-state index contributed by atoms with van der Waals surface area (Å²) in [6, 6.07) is 6.15. The Bertz CT molecular complexity index is 420. The summed E-state index contributed by atoms with van der Waals surface area (Å²) < 4.78 is 1.08. The van der Waals surface area contributed by atoms with Crippen molar-refractivity contribution in [2.24, 2.45) is 5.73 Å². The van der Waals surface area contributed by atoms with Crippen LogP contribution in [0.1, 0.15) is 31.4 Å².